The molecule has 0 heterocycles. The zero-order valence-electron chi connectivity index (χ0n) is 9.22. The van der Waals surface area contributed by atoms with Gasteiger partial charge in [0.1, 0.15) is 0 Å². The van der Waals surface area contributed by atoms with E-state index < -0.39 is 9.84 Å². The number of nitrogen functional groups attached to an aromatic ring is 1. The molecule has 2 N–H and O–H groups in total. The lowest BCUT2D eigenvalue weighted by molar-refractivity contribution is 0.484. The van der Waals surface area contributed by atoms with E-state index in [4.69, 9.17) is 5.73 Å². The smallest absolute Gasteiger partial charge is 0.183 e. The topological polar surface area (TPSA) is 60.2 Å². The molecule has 1 aromatic rings. The lowest BCUT2D eigenvalue weighted by atomic mass is 10.0. The van der Waals surface area contributed by atoms with Gasteiger partial charge in [0.05, 0.1) is 15.8 Å². The Morgan fingerprint density at radius 2 is 1.69 bits per heavy atom. The van der Waals surface area contributed by atoms with Gasteiger partial charge in [-0.25, -0.2) is 8.42 Å². The van der Waals surface area contributed by atoms with E-state index >= 15 is 0 Å². The van der Waals surface area contributed by atoms with Gasteiger partial charge in [-0.2, -0.15) is 0 Å². The third-order valence-electron chi connectivity index (χ3n) is 3.22. The van der Waals surface area contributed by atoms with Crippen LogP contribution >= 0.6 is 0 Å². The lowest BCUT2D eigenvalue weighted by Gasteiger charge is -2.22. The SMILES string of the molecule is Nc1ccccc1S(=O)(=O)C1CCCCC1. The number of hydrogen-bond donors (Lipinski definition) is 1. The van der Waals surface area contributed by atoms with Crippen molar-refractivity contribution >= 4 is 15.5 Å². The summed E-state index contributed by atoms with van der Waals surface area (Å²) in [4.78, 5) is 0.307. The number of rotatable bonds is 2. The summed E-state index contributed by atoms with van der Waals surface area (Å²) in [7, 11) is -3.22. The molecule has 0 saturated heterocycles. The van der Waals surface area contributed by atoms with Crippen LogP contribution in [0.5, 0.6) is 0 Å². The summed E-state index contributed by atoms with van der Waals surface area (Å²) in [6, 6.07) is 6.75. The molecule has 1 aromatic carbocycles. The second kappa shape index (κ2) is 4.45. The Bertz CT molecular complexity index is 462. The molecule has 1 fully saturated rings. The molecule has 88 valence electrons. The van der Waals surface area contributed by atoms with Crippen LogP contribution in [0.3, 0.4) is 0 Å². The molecule has 1 aliphatic carbocycles. The summed E-state index contributed by atoms with van der Waals surface area (Å²) in [5, 5.41) is -0.231. The second-order valence-corrected chi connectivity index (χ2v) is 6.54. The highest BCUT2D eigenvalue weighted by atomic mass is 32.2. The summed E-state index contributed by atoms with van der Waals surface area (Å²) < 4.78 is 24.7. The van der Waals surface area contributed by atoms with Crippen molar-refractivity contribution < 1.29 is 8.42 Å². The fourth-order valence-corrected chi connectivity index (χ4v) is 4.27. The van der Waals surface area contributed by atoms with Crippen LogP contribution in [0.2, 0.25) is 0 Å². The van der Waals surface area contributed by atoms with Crippen LogP contribution in [0.1, 0.15) is 32.1 Å². The number of para-hydroxylation sites is 1. The fraction of sp³-hybridized carbons (Fsp3) is 0.500. The highest BCUT2D eigenvalue weighted by Crippen LogP contribution is 2.30. The molecule has 3 nitrogen and oxygen atoms in total. The number of nitrogens with two attached hydrogens (primary N) is 1. The molecule has 0 aromatic heterocycles. The van der Waals surface area contributed by atoms with E-state index in [1.807, 2.05) is 0 Å². The number of hydrogen-bond acceptors (Lipinski definition) is 3. The Hall–Kier alpha value is -1.03. The minimum Gasteiger partial charge on any atom is -0.398 e. The molecule has 0 aliphatic heterocycles. The first-order valence-corrected chi connectivity index (χ1v) is 7.25. The first-order valence-electron chi connectivity index (χ1n) is 5.71. The van der Waals surface area contributed by atoms with E-state index in [1.54, 1.807) is 24.3 Å². The van der Waals surface area contributed by atoms with E-state index in [-0.39, 0.29) is 5.25 Å². The average molecular weight is 239 g/mol. The van der Waals surface area contributed by atoms with E-state index in [9.17, 15) is 8.42 Å². The average Bonchev–Trinajstić information content (AvgIpc) is 2.30. The van der Waals surface area contributed by atoms with Gasteiger partial charge in [-0.1, -0.05) is 31.4 Å². The zero-order valence-corrected chi connectivity index (χ0v) is 10.0. The fourth-order valence-electron chi connectivity index (χ4n) is 2.29. The molecule has 16 heavy (non-hydrogen) atoms. The van der Waals surface area contributed by atoms with Crippen molar-refractivity contribution in [2.75, 3.05) is 5.73 Å². The zero-order chi connectivity index (χ0) is 11.6. The van der Waals surface area contributed by atoms with E-state index in [2.05, 4.69) is 0 Å². The van der Waals surface area contributed by atoms with Crippen LogP contribution in [-0.4, -0.2) is 13.7 Å². The third kappa shape index (κ3) is 2.07. The number of anilines is 1. The molecule has 2 rings (SSSR count). The first kappa shape index (κ1) is 11.5. The Morgan fingerprint density at radius 1 is 1.06 bits per heavy atom. The van der Waals surface area contributed by atoms with Gasteiger partial charge in [-0.05, 0) is 25.0 Å². The second-order valence-electron chi connectivity index (χ2n) is 4.34. The Balaban J connectivity index is 2.35. The summed E-state index contributed by atoms with van der Waals surface area (Å²) in [6.45, 7) is 0. The van der Waals surface area contributed by atoms with Gasteiger partial charge in [0.15, 0.2) is 9.84 Å². The number of benzene rings is 1. The van der Waals surface area contributed by atoms with Gasteiger partial charge in [0.2, 0.25) is 0 Å². The molecule has 1 saturated carbocycles. The van der Waals surface area contributed by atoms with Crippen LogP contribution in [0.25, 0.3) is 0 Å². The van der Waals surface area contributed by atoms with Crippen molar-refractivity contribution in [3.8, 4) is 0 Å². The van der Waals surface area contributed by atoms with Crippen molar-refractivity contribution in [3.63, 3.8) is 0 Å². The van der Waals surface area contributed by atoms with Crippen molar-refractivity contribution in [2.45, 2.75) is 42.2 Å². The first-order chi connectivity index (χ1) is 7.62. The molecule has 0 amide bonds. The van der Waals surface area contributed by atoms with Crippen LogP contribution in [-0.2, 0) is 9.84 Å². The van der Waals surface area contributed by atoms with Crippen molar-refractivity contribution in [3.05, 3.63) is 24.3 Å². The molecular formula is C12H17NO2S. The maximum Gasteiger partial charge on any atom is 0.183 e. The van der Waals surface area contributed by atoms with Gasteiger partial charge < -0.3 is 5.73 Å². The van der Waals surface area contributed by atoms with Crippen LogP contribution in [0.4, 0.5) is 5.69 Å². The molecule has 0 spiro atoms. The minimum absolute atomic E-state index is 0.231. The van der Waals surface area contributed by atoms with Crippen LogP contribution < -0.4 is 5.73 Å². The van der Waals surface area contributed by atoms with E-state index in [1.165, 1.54) is 0 Å². The lowest BCUT2D eigenvalue weighted by Crippen LogP contribution is -2.24. The minimum atomic E-state index is -3.22. The summed E-state index contributed by atoms with van der Waals surface area (Å²) in [5.41, 5.74) is 6.10. The highest BCUT2D eigenvalue weighted by molar-refractivity contribution is 7.92. The van der Waals surface area contributed by atoms with Gasteiger partial charge in [-0.15, -0.1) is 0 Å². The number of sulfone groups is 1. The van der Waals surface area contributed by atoms with Crippen molar-refractivity contribution in [1.82, 2.24) is 0 Å². The van der Waals surface area contributed by atoms with Crippen molar-refractivity contribution in [2.24, 2.45) is 0 Å². The van der Waals surface area contributed by atoms with Gasteiger partial charge in [0, 0.05) is 0 Å². The quantitative estimate of drug-likeness (QED) is 0.806. The predicted molar refractivity (Wildman–Crippen MR) is 64.9 cm³/mol. The molecule has 0 unspecified atom stereocenters. The molecule has 0 radical (unpaired) electrons. The molecule has 1 aliphatic rings. The highest BCUT2D eigenvalue weighted by Gasteiger charge is 2.29. The van der Waals surface area contributed by atoms with Gasteiger partial charge >= 0.3 is 0 Å². The van der Waals surface area contributed by atoms with Crippen LogP contribution in [0.15, 0.2) is 29.2 Å². The van der Waals surface area contributed by atoms with Gasteiger partial charge in [0.25, 0.3) is 0 Å². The molecular weight excluding hydrogens is 222 g/mol. The normalized spacial score (nSPS) is 18.5. The Morgan fingerprint density at radius 3 is 2.31 bits per heavy atom. The summed E-state index contributed by atoms with van der Waals surface area (Å²) in [6.07, 6.45) is 4.72. The maximum absolute atomic E-state index is 12.3. The van der Waals surface area contributed by atoms with E-state index in [0.717, 1.165) is 32.1 Å². The van der Waals surface area contributed by atoms with Gasteiger partial charge in [-0.3, -0.25) is 0 Å². The maximum atomic E-state index is 12.3. The standard InChI is InChI=1S/C12H17NO2S/c13-11-8-4-5-9-12(11)16(14,15)10-6-2-1-3-7-10/h4-5,8-10H,1-3,6-7,13H2. The van der Waals surface area contributed by atoms with Crippen LogP contribution in [0, 0.1) is 0 Å². The Kier molecular flexibility index (Phi) is 3.19. The molecule has 0 bridgehead atoms. The molecule has 0 atom stereocenters. The van der Waals surface area contributed by atoms with Crippen molar-refractivity contribution in [1.29, 1.82) is 0 Å². The largest absolute Gasteiger partial charge is 0.398 e. The monoisotopic (exact) mass is 239 g/mol. The summed E-state index contributed by atoms with van der Waals surface area (Å²) >= 11 is 0. The Labute approximate surface area is 96.6 Å². The third-order valence-corrected chi connectivity index (χ3v) is 5.55. The van der Waals surface area contributed by atoms with E-state index in [0.29, 0.717) is 10.6 Å². The molecule has 4 heteroatoms. The predicted octanol–water partition coefficient (Wildman–Crippen LogP) is 2.38. The summed E-state index contributed by atoms with van der Waals surface area (Å²) in [5.74, 6) is 0.